The number of rotatable bonds is 7. The van der Waals surface area contributed by atoms with E-state index in [4.69, 9.17) is 0 Å². The number of aromatic nitrogens is 1. The normalized spacial score (nSPS) is 12.7. The molecule has 0 aliphatic rings. The van der Waals surface area contributed by atoms with Crippen molar-refractivity contribution in [1.29, 1.82) is 0 Å². The Morgan fingerprint density at radius 2 is 2.47 bits per heavy atom. The molecule has 0 saturated carbocycles. The fourth-order valence-corrected chi connectivity index (χ4v) is 2.14. The van der Waals surface area contributed by atoms with Crippen LogP contribution < -0.4 is 5.32 Å². The van der Waals surface area contributed by atoms with Crippen LogP contribution in [-0.2, 0) is 6.54 Å². The first-order valence-corrected chi connectivity index (χ1v) is 6.35. The van der Waals surface area contributed by atoms with Gasteiger partial charge in [-0.2, -0.15) is 0 Å². The van der Waals surface area contributed by atoms with E-state index in [0.717, 1.165) is 18.7 Å². The van der Waals surface area contributed by atoms with Gasteiger partial charge in [-0.05, 0) is 33.1 Å². The molecule has 0 aromatic carbocycles. The number of aryl methyl sites for hydroxylation is 1. The number of unbranched alkanes of at least 4 members (excludes halogenated alkanes) is 1. The summed E-state index contributed by atoms with van der Waals surface area (Å²) < 4.78 is 0. The Kier molecular flexibility index (Phi) is 5.58. The topological polar surface area (TPSA) is 24.9 Å². The largest absolute Gasteiger partial charge is 0.308 e. The van der Waals surface area contributed by atoms with Gasteiger partial charge in [-0.3, -0.25) is 0 Å². The Bertz CT molecular complexity index is 294. The molecule has 0 aliphatic carbocycles. The van der Waals surface area contributed by atoms with Gasteiger partial charge >= 0.3 is 0 Å². The second-order valence-electron chi connectivity index (χ2n) is 3.88. The fourth-order valence-electron chi connectivity index (χ4n) is 1.42. The lowest BCUT2D eigenvalue weighted by Crippen LogP contribution is -2.25. The summed E-state index contributed by atoms with van der Waals surface area (Å²) in [6, 6.07) is 0.564. The first-order chi connectivity index (χ1) is 7.22. The van der Waals surface area contributed by atoms with Crippen LogP contribution >= 0.6 is 11.3 Å². The van der Waals surface area contributed by atoms with Crippen LogP contribution in [0.3, 0.4) is 0 Å². The van der Waals surface area contributed by atoms with Crippen molar-refractivity contribution in [3.05, 3.63) is 28.7 Å². The zero-order chi connectivity index (χ0) is 11.1. The van der Waals surface area contributed by atoms with Crippen molar-refractivity contribution in [3.63, 3.8) is 0 Å². The highest BCUT2D eigenvalue weighted by Crippen LogP contribution is 2.09. The van der Waals surface area contributed by atoms with Crippen LogP contribution in [0.4, 0.5) is 0 Å². The number of allylic oxidation sites excluding steroid dienone is 1. The summed E-state index contributed by atoms with van der Waals surface area (Å²) >= 11 is 1.73. The van der Waals surface area contributed by atoms with Gasteiger partial charge in [0.05, 0.1) is 0 Å². The Labute approximate surface area is 96.4 Å². The molecule has 0 bridgehead atoms. The first kappa shape index (κ1) is 12.4. The molecule has 1 atom stereocenters. The third kappa shape index (κ3) is 5.09. The molecule has 1 aromatic rings. The summed E-state index contributed by atoms with van der Waals surface area (Å²) in [6.45, 7) is 8.88. The smallest absolute Gasteiger partial charge is 0.107 e. The lowest BCUT2D eigenvalue weighted by atomic mass is 10.1. The molecule has 15 heavy (non-hydrogen) atoms. The van der Waals surface area contributed by atoms with Gasteiger partial charge in [0.2, 0.25) is 0 Å². The maximum absolute atomic E-state index is 4.42. The molecular formula is C12H20N2S. The Morgan fingerprint density at radius 1 is 1.67 bits per heavy atom. The predicted molar refractivity (Wildman–Crippen MR) is 67.2 cm³/mol. The second-order valence-corrected chi connectivity index (χ2v) is 4.83. The maximum atomic E-state index is 4.42. The van der Waals surface area contributed by atoms with Gasteiger partial charge in [-0.15, -0.1) is 17.9 Å². The quantitative estimate of drug-likeness (QED) is 0.568. The van der Waals surface area contributed by atoms with Gasteiger partial charge in [0.25, 0.3) is 0 Å². The monoisotopic (exact) mass is 224 g/mol. The summed E-state index contributed by atoms with van der Waals surface area (Å²) in [6.07, 6.45) is 5.52. The fraction of sp³-hybridized carbons (Fsp3) is 0.583. The number of hydrogen-bond donors (Lipinski definition) is 1. The maximum Gasteiger partial charge on any atom is 0.107 e. The molecule has 0 fully saturated rings. The highest BCUT2D eigenvalue weighted by atomic mass is 32.1. The molecule has 0 saturated heterocycles. The summed E-state index contributed by atoms with van der Waals surface area (Å²) in [5, 5.41) is 6.76. The molecule has 0 spiro atoms. The van der Waals surface area contributed by atoms with Gasteiger partial charge in [0, 0.05) is 23.7 Å². The Morgan fingerprint density at radius 3 is 3.07 bits per heavy atom. The standard InChI is InChI=1S/C12H20N2S/c1-4-5-6-7-10(2)13-8-12-14-11(3)9-15-12/h4,9-10,13H,1,5-8H2,2-3H3. The number of thiazole rings is 1. The van der Waals surface area contributed by atoms with E-state index in [1.165, 1.54) is 17.8 Å². The van der Waals surface area contributed by atoms with Crippen LogP contribution in [-0.4, -0.2) is 11.0 Å². The molecule has 84 valence electrons. The van der Waals surface area contributed by atoms with Crippen molar-refractivity contribution in [2.75, 3.05) is 0 Å². The molecule has 0 radical (unpaired) electrons. The van der Waals surface area contributed by atoms with E-state index in [1.807, 2.05) is 13.0 Å². The average Bonchev–Trinajstić information content (AvgIpc) is 2.62. The summed E-state index contributed by atoms with van der Waals surface area (Å²) in [5.41, 5.74) is 1.12. The minimum atomic E-state index is 0.564. The lowest BCUT2D eigenvalue weighted by molar-refractivity contribution is 0.499. The van der Waals surface area contributed by atoms with E-state index in [0.29, 0.717) is 6.04 Å². The SMILES string of the molecule is C=CCCCC(C)NCc1nc(C)cs1. The predicted octanol–water partition coefficient (Wildman–Crippen LogP) is 3.29. The highest BCUT2D eigenvalue weighted by Gasteiger charge is 2.02. The van der Waals surface area contributed by atoms with Crippen LogP contribution in [0.1, 0.15) is 36.9 Å². The number of nitrogens with one attached hydrogen (secondary N) is 1. The molecule has 1 heterocycles. The zero-order valence-electron chi connectivity index (χ0n) is 9.62. The number of nitrogens with zero attached hydrogens (tertiary/aromatic N) is 1. The van der Waals surface area contributed by atoms with Crippen molar-refractivity contribution in [3.8, 4) is 0 Å². The van der Waals surface area contributed by atoms with E-state index in [2.05, 4.69) is 29.2 Å². The molecule has 0 amide bonds. The van der Waals surface area contributed by atoms with Gasteiger partial charge in [-0.1, -0.05) is 6.08 Å². The molecule has 1 N–H and O–H groups in total. The van der Waals surface area contributed by atoms with Gasteiger partial charge in [-0.25, -0.2) is 4.98 Å². The Balaban J connectivity index is 2.16. The number of hydrogen-bond acceptors (Lipinski definition) is 3. The van der Waals surface area contributed by atoms with E-state index in [9.17, 15) is 0 Å². The lowest BCUT2D eigenvalue weighted by Gasteiger charge is -2.11. The van der Waals surface area contributed by atoms with Crippen LogP contribution in [0.2, 0.25) is 0 Å². The van der Waals surface area contributed by atoms with Crippen molar-refractivity contribution < 1.29 is 0 Å². The summed E-state index contributed by atoms with van der Waals surface area (Å²) in [7, 11) is 0. The molecule has 2 nitrogen and oxygen atoms in total. The highest BCUT2D eigenvalue weighted by molar-refractivity contribution is 7.09. The molecule has 1 aromatic heterocycles. The zero-order valence-corrected chi connectivity index (χ0v) is 10.4. The van der Waals surface area contributed by atoms with E-state index in [1.54, 1.807) is 11.3 Å². The molecule has 0 aliphatic heterocycles. The van der Waals surface area contributed by atoms with Crippen molar-refractivity contribution >= 4 is 11.3 Å². The van der Waals surface area contributed by atoms with Crippen LogP contribution in [0, 0.1) is 6.92 Å². The van der Waals surface area contributed by atoms with Crippen molar-refractivity contribution in [2.24, 2.45) is 0 Å². The molecular weight excluding hydrogens is 204 g/mol. The summed E-state index contributed by atoms with van der Waals surface area (Å²) in [4.78, 5) is 4.42. The first-order valence-electron chi connectivity index (χ1n) is 5.47. The van der Waals surface area contributed by atoms with E-state index >= 15 is 0 Å². The third-order valence-corrected chi connectivity index (χ3v) is 3.28. The van der Waals surface area contributed by atoms with Crippen LogP contribution in [0.5, 0.6) is 0 Å². The van der Waals surface area contributed by atoms with E-state index < -0.39 is 0 Å². The van der Waals surface area contributed by atoms with Gasteiger partial charge in [0.15, 0.2) is 0 Å². The van der Waals surface area contributed by atoms with E-state index in [-0.39, 0.29) is 0 Å². The van der Waals surface area contributed by atoms with Crippen LogP contribution in [0.25, 0.3) is 0 Å². The Hall–Kier alpha value is -0.670. The summed E-state index contributed by atoms with van der Waals surface area (Å²) in [5.74, 6) is 0. The van der Waals surface area contributed by atoms with Crippen molar-refractivity contribution in [1.82, 2.24) is 10.3 Å². The second kappa shape index (κ2) is 6.75. The third-order valence-electron chi connectivity index (χ3n) is 2.31. The molecule has 3 heteroatoms. The van der Waals surface area contributed by atoms with Gasteiger partial charge < -0.3 is 5.32 Å². The van der Waals surface area contributed by atoms with Gasteiger partial charge in [0.1, 0.15) is 5.01 Å². The minimum absolute atomic E-state index is 0.564. The molecule has 1 unspecified atom stereocenters. The minimum Gasteiger partial charge on any atom is -0.308 e. The van der Waals surface area contributed by atoms with Crippen LogP contribution in [0.15, 0.2) is 18.0 Å². The van der Waals surface area contributed by atoms with Crippen molar-refractivity contribution in [2.45, 2.75) is 45.7 Å². The molecule has 1 rings (SSSR count). The average molecular weight is 224 g/mol.